The molecule has 0 unspecified atom stereocenters. The van der Waals surface area contributed by atoms with E-state index in [1.54, 1.807) is 17.6 Å². The molecule has 1 N–H and O–H groups in total. The summed E-state index contributed by atoms with van der Waals surface area (Å²) >= 11 is 0. The Hall–Kier alpha value is -4.01. The largest absolute Gasteiger partial charge is 1.00 e. The number of nitrogens with one attached hydrogen (secondary N) is 1. The summed E-state index contributed by atoms with van der Waals surface area (Å²) in [6.07, 6.45) is 0.162. The first-order chi connectivity index (χ1) is 20.3. The number of carbonyl (C=O) groups excluding carboxylic acids is 1. The number of carboxylic acid groups (broad SMARTS) is 1. The van der Waals surface area contributed by atoms with Crippen molar-refractivity contribution in [1.82, 2.24) is 19.7 Å². The zero-order chi connectivity index (χ0) is 29.4. The van der Waals surface area contributed by atoms with Crippen molar-refractivity contribution in [3.05, 3.63) is 110 Å². The molecule has 3 heterocycles. The number of rotatable bonds is 9. The van der Waals surface area contributed by atoms with Crippen molar-refractivity contribution < 1.29 is 79.4 Å². The fraction of sp³-hybridized carbons (Fsp3) is 0.167. The van der Waals surface area contributed by atoms with Gasteiger partial charge >= 0.3 is 63.0 Å². The number of ether oxygens (including phenoxy) is 1. The number of carbonyl (C=O) groups is 1. The van der Waals surface area contributed by atoms with Crippen LogP contribution in [-0.4, -0.2) is 32.3 Å². The second-order valence-electron chi connectivity index (χ2n) is 9.47. The molecule has 3 aromatic heterocycles. The normalized spacial score (nSPS) is 11.0. The van der Waals surface area contributed by atoms with Gasteiger partial charge in [0.25, 0.3) is 6.01 Å². The van der Waals surface area contributed by atoms with Gasteiger partial charge in [0, 0.05) is 17.5 Å². The number of hydrogen-bond acceptors (Lipinski definition) is 10. The van der Waals surface area contributed by atoms with E-state index in [-0.39, 0.29) is 75.9 Å². The number of aromatic nitrogens is 4. The SMILES string of the molecule is CCOc1nc2c(Cc3oc(=O)oc3C)ccc(C(=O)[O-])c2n1Cc1ccc(-c2ccccc2-c2noc(=O)[nH]2)cc1.[K+]. The maximum Gasteiger partial charge on any atom is 1.00 e. The van der Waals surface area contributed by atoms with Crippen LogP contribution in [0.4, 0.5) is 0 Å². The Morgan fingerprint density at radius 3 is 2.40 bits per heavy atom. The molecule has 0 fully saturated rings. The van der Waals surface area contributed by atoms with Crippen LogP contribution in [-0.2, 0) is 13.0 Å². The molecule has 0 saturated carbocycles. The van der Waals surface area contributed by atoms with Crippen LogP contribution in [0.2, 0.25) is 0 Å². The van der Waals surface area contributed by atoms with E-state index in [1.807, 2.05) is 55.5 Å². The molecule has 0 spiro atoms. The van der Waals surface area contributed by atoms with Gasteiger partial charge in [0.1, 0.15) is 5.76 Å². The van der Waals surface area contributed by atoms with Crippen LogP contribution in [0.5, 0.6) is 6.01 Å². The van der Waals surface area contributed by atoms with Crippen LogP contribution in [0.3, 0.4) is 0 Å². The first kappa shape index (κ1) is 30.4. The minimum absolute atomic E-state index is 0. The summed E-state index contributed by atoms with van der Waals surface area (Å²) in [7, 11) is 0. The van der Waals surface area contributed by atoms with Gasteiger partial charge in [-0.2, -0.15) is 4.98 Å². The third-order valence-electron chi connectivity index (χ3n) is 6.85. The van der Waals surface area contributed by atoms with E-state index >= 15 is 0 Å². The summed E-state index contributed by atoms with van der Waals surface area (Å²) in [6, 6.07) is 18.4. The predicted molar refractivity (Wildman–Crippen MR) is 147 cm³/mol. The van der Waals surface area contributed by atoms with E-state index in [0.29, 0.717) is 46.1 Å². The van der Waals surface area contributed by atoms with Crippen LogP contribution in [0.25, 0.3) is 33.5 Å². The number of aromatic carboxylic acids is 1. The summed E-state index contributed by atoms with van der Waals surface area (Å²) in [5.41, 5.74) is 4.53. The number of fused-ring (bicyclic) bond motifs is 1. The van der Waals surface area contributed by atoms with Gasteiger partial charge in [-0.3, -0.25) is 14.1 Å². The quantitative estimate of drug-likeness (QED) is 0.226. The number of benzene rings is 3. The Kier molecular flexibility index (Phi) is 8.99. The van der Waals surface area contributed by atoms with Crippen molar-refractivity contribution in [1.29, 1.82) is 0 Å². The van der Waals surface area contributed by atoms with Gasteiger partial charge in [-0.1, -0.05) is 65.8 Å². The smallest absolute Gasteiger partial charge is 0.545 e. The van der Waals surface area contributed by atoms with E-state index in [1.165, 1.54) is 6.07 Å². The Labute approximate surface area is 285 Å². The first-order valence-electron chi connectivity index (χ1n) is 13.0. The van der Waals surface area contributed by atoms with Crippen LogP contribution in [0.1, 0.15) is 39.9 Å². The maximum absolute atomic E-state index is 12.2. The molecule has 0 aliphatic rings. The molecule has 0 aliphatic heterocycles. The molecular weight excluding hydrogens is 583 g/mol. The second kappa shape index (κ2) is 12.7. The molecule has 0 radical (unpaired) electrons. The third-order valence-corrected chi connectivity index (χ3v) is 6.85. The molecule has 6 aromatic rings. The minimum atomic E-state index is -1.36. The average Bonchev–Trinajstić information content (AvgIpc) is 3.66. The van der Waals surface area contributed by atoms with Crippen molar-refractivity contribution >= 4 is 17.0 Å². The van der Waals surface area contributed by atoms with Crippen molar-refractivity contribution in [2.75, 3.05) is 6.61 Å². The Bertz CT molecular complexity index is 2050. The molecule has 13 heteroatoms. The molecule has 212 valence electrons. The van der Waals surface area contributed by atoms with Gasteiger partial charge in [-0.25, -0.2) is 9.59 Å². The van der Waals surface area contributed by atoms with Gasteiger partial charge in [-0.15, -0.1) is 0 Å². The summed E-state index contributed by atoms with van der Waals surface area (Å²) < 4.78 is 22.3. The van der Waals surface area contributed by atoms with Crippen molar-refractivity contribution in [3.8, 4) is 28.5 Å². The number of H-pyrrole nitrogens is 1. The number of aromatic amines is 1. The third kappa shape index (κ3) is 6.08. The van der Waals surface area contributed by atoms with Gasteiger partial charge < -0.3 is 23.5 Å². The number of aryl methyl sites for hydroxylation is 1. The summed E-state index contributed by atoms with van der Waals surface area (Å²) in [6.45, 7) is 3.97. The minimum Gasteiger partial charge on any atom is -0.545 e. The van der Waals surface area contributed by atoms with E-state index in [4.69, 9.17) is 13.6 Å². The van der Waals surface area contributed by atoms with Gasteiger partial charge in [0.05, 0.1) is 30.2 Å². The molecule has 0 saturated heterocycles. The molecule has 6 rings (SSSR count). The molecule has 0 amide bonds. The van der Waals surface area contributed by atoms with Crippen molar-refractivity contribution in [2.24, 2.45) is 0 Å². The topological polar surface area (TPSA) is 169 Å². The molecule has 0 atom stereocenters. The molecule has 0 bridgehead atoms. The van der Waals surface area contributed by atoms with Crippen LogP contribution < -0.4 is 72.8 Å². The van der Waals surface area contributed by atoms with E-state index in [2.05, 4.69) is 19.6 Å². The van der Waals surface area contributed by atoms with Crippen LogP contribution >= 0.6 is 0 Å². The predicted octanol–water partition coefficient (Wildman–Crippen LogP) is 0.307. The van der Waals surface area contributed by atoms with Crippen molar-refractivity contribution in [2.45, 2.75) is 26.8 Å². The van der Waals surface area contributed by atoms with Crippen LogP contribution in [0, 0.1) is 6.92 Å². The zero-order valence-electron chi connectivity index (χ0n) is 23.5. The van der Waals surface area contributed by atoms with Gasteiger partial charge in [-0.05, 0) is 36.1 Å². The van der Waals surface area contributed by atoms with E-state index < -0.39 is 17.5 Å². The summed E-state index contributed by atoms with van der Waals surface area (Å²) in [5.74, 6) is -1.85. The number of imidazole rings is 1. The number of carboxylic acids is 1. The second-order valence-corrected chi connectivity index (χ2v) is 9.47. The van der Waals surface area contributed by atoms with Gasteiger partial charge in [0.2, 0.25) is 0 Å². The fourth-order valence-corrected chi connectivity index (χ4v) is 4.93. The fourth-order valence-electron chi connectivity index (χ4n) is 4.93. The number of hydrogen-bond donors (Lipinski definition) is 1. The van der Waals surface area contributed by atoms with Gasteiger partial charge in [0.15, 0.2) is 11.6 Å². The van der Waals surface area contributed by atoms with Crippen LogP contribution in [0.15, 0.2) is 83.6 Å². The van der Waals surface area contributed by atoms with E-state index in [9.17, 15) is 19.5 Å². The molecule has 12 nitrogen and oxygen atoms in total. The molecule has 43 heavy (non-hydrogen) atoms. The first-order valence-corrected chi connectivity index (χ1v) is 13.0. The Morgan fingerprint density at radius 1 is 1.02 bits per heavy atom. The monoisotopic (exact) mass is 606 g/mol. The molecular formula is C30H23KN4O8. The number of nitrogens with zero attached hydrogens (tertiary/aromatic N) is 3. The molecule has 3 aromatic carbocycles. The summed E-state index contributed by atoms with van der Waals surface area (Å²) in [4.78, 5) is 42.5. The zero-order valence-corrected chi connectivity index (χ0v) is 26.6. The molecule has 0 aliphatic carbocycles. The average molecular weight is 607 g/mol. The maximum atomic E-state index is 12.2. The standard InChI is InChI=1S/C30H24N4O8.K/c1-3-39-28-31-24-19(14-23-16(2)40-30(38)41-23)12-13-22(27(35)36)25(24)34(28)15-17-8-10-18(11-9-17)20-6-4-5-7-21(20)26-32-29(37)42-33-26;/h4-13H,3,14-15H2,1-2H3,(H,35,36)(H,32,33,37);/q;+1/p-1. The summed E-state index contributed by atoms with van der Waals surface area (Å²) in [5, 5.41) is 16.0. The van der Waals surface area contributed by atoms with Crippen molar-refractivity contribution in [3.63, 3.8) is 0 Å². The Balaban J connectivity index is 0.00000368. The van der Waals surface area contributed by atoms with E-state index in [0.717, 1.165) is 16.7 Å². The Morgan fingerprint density at radius 2 is 1.77 bits per heavy atom.